The molecule has 3 aliphatic rings. The second-order valence-electron chi connectivity index (χ2n) is 12.5. The molecular formula is C33H44N4O7S. The van der Waals surface area contributed by atoms with Crippen molar-refractivity contribution in [2.24, 2.45) is 5.92 Å². The Bertz CT molecular complexity index is 1370. The molecule has 45 heavy (non-hydrogen) atoms. The highest BCUT2D eigenvalue weighted by atomic mass is 32.2. The Morgan fingerprint density at radius 1 is 1.11 bits per heavy atom. The largest absolute Gasteiger partial charge is 0.443 e. The molecule has 3 saturated heterocycles. The predicted molar refractivity (Wildman–Crippen MR) is 172 cm³/mol. The molecule has 11 nitrogen and oxygen atoms in total. The van der Waals surface area contributed by atoms with Crippen LogP contribution in [0.15, 0.2) is 42.5 Å². The maximum Gasteiger partial charge on any atom is 0.407 e. The molecule has 2 aromatic rings. The molecule has 5 rings (SSSR count). The number of ether oxygens (including phenoxy) is 3. The number of nitrogens with zero attached hydrogens (tertiary/aromatic N) is 1. The quantitative estimate of drug-likeness (QED) is 0.309. The number of anilines is 1. The smallest absolute Gasteiger partial charge is 0.407 e. The molecule has 0 aromatic heterocycles. The zero-order valence-corrected chi connectivity index (χ0v) is 27.3. The number of alkyl carbamates (subject to hydrolysis) is 1. The average molecular weight is 641 g/mol. The number of amides is 3. The van der Waals surface area contributed by atoms with Gasteiger partial charge < -0.3 is 40.2 Å². The molecule has 3 amide bonds. The van der Waals surface area contributed by atoms with E-state index in [0.29, 0.717) is 13.2 Å². The van der Waals surface area contributed by atoms with Crippen molar-refractivity contribution in [2.75, 3.05) is 31.5 Å². The van der Waals surface area contributed by atoms with Crippen molar-refractivity contribution >= 4 is 35.4 Å². The van der Waals surface area contributed by atoms with Crippen LogP contribution in [0.25, 0.3) is 0 Å². The molecule has 0 bridgehead atoms. The Balaban J connectivity index is 1.31. The van der Waals surface area contributed by atoms with E-state index in [4.69, 9.17) is 14.2 Å². The van der Waals surface area contributed by atoms with Gasteiger partial charge in [0.15, 0.2) is 12.4 Å². The van der Waals surface area contributed by atoms with Crippen LogP contribution in [-0.4, -0.2) is 89.4 Å². The maximum absolute atomic E-state index is 14.0. The second-order valence-corrected chi connectivity index (χ2v) is 14.1. The number of benzene rings is 2. The van der Waals surface area contributed by atoms with Crippen LogP contribution in [0.5, 0.6) is 0 Å². The van der Waals surface area contributed by atoms with Gasteiger partial charge in [0, 0.05) is 24.0 Å². The molecule has 244 valence electrons. The Labute approximate surface area is 268 Å². The van der Waals surface area contributed by atoms with Gasteiger partial charge in [-0.05, 0) is 74.9 Å². The lowest BCUT2D eigenvalue weighted by Gasteiger charge is -2.33. The van der Waals surface area contributed by atoms with Gasteiger partial charge in [-0.25, -0.2) is 4.79 Å². The predicted octanol–water partition coefficient (Wildman–Crippen LogP) is 3.10. The summed E-state index contributed by atoms with van der Waals surface area (Å²) in [6, 6.07) is 11.6. The van der Waals surface area contributed by atoms with Gasteiger partial charge in [0.25, 0.3) is 5.91 Å². The summed E-state index contributed by atoms with van der Waals surface area (Å²) in [7, 11) is 1.81. The van der Waals surface area contributed by atoms with Crippen molar-refractivity contribution in [3.8, 4) is 0 Å². The third-order valence-electron chi connectivity index (χ3n) is 9.04. The van der Waals surface area contributed by atoms with E-state index in [2.05, 4.69) is 16.0 Å². The highest BCUT2D eigenvalue weighted by Gasteiger charge is 2.50. The van der Waals surface area contributed by atoms with Crippen LogP contribution in [0.4, 0.5) is 10.5 Å². The number of aryl methyl sites for hydroxylation is 2. The average Bonchev–Trinajstić information content (AvgIpc) is 3.71. The summed E-state index contributed by atoms with van der Waals surface area (Å²) in [4.78, 5) is 42.2. The number of hydrogen-bond donors (Lipinski definition) is 4. The van der Waals surface area contributed by atoms with E-state index in [1.807, 2.05) is 77.2 Å². The fourth-order valence-corrected chi connectivity index (χ4v) is 7.47. The molecule has 4 N–H and O–H groups in total. The Morgan fingerprint density at radius 3 is 2.51 bits per heavy atom. The fourth-order valence-electron chi connectivity index (χ4n) is 6.33. The lowest BCUT2D eigenvalue weighted by molar-refractivity contribution is -0.147. The van der Waals surface area contributed by atoms with E-state index in [1.54, 1.807) is 0 Å². The van der Waals surface area contributed by atoms with Crippen LogP contribution in [0, 0.1) is 19.8 Å². The van der Waals surface area contributed by atoms with Gasteiger partial charge in [-0.15, -0.1) is 11.8 Å². The summed E-state index contributed by atoms with van der Waals surface area (Å²) in [5, 5.41) is 20.4. The molecular weight excluding hydrogens is 596 g/mol. The number of thioether (sulfide) groups is 1. The number of hydrogen-bond acceptors (Lipinski definition) is 9. The molecule has 0 unspecified atom stereocenters. The number of aliphatic hydroxyl groups excluding tert-OH is 1. The van der Waals surface area contributed by atoms with Gasteiger partial charge in [0.2, 0.25) is 5.91 Å². The van der Waals surface area contributed by atoms with Crippen molar-refractivity contribution in [1.82, 2.24) is 15.5 Å². The Kier molecular flexibility index (Phi) is 10.3. The van der Waals surface area contributed by atoms with E-state index < -0.39 is 41.0 Å². The van der Waals surface area contributed by atoms with E-state index in [0.717, 1.165) is 34.4 Å². The molecule has 12 heteroatoms. The molecule has 0 aliphatic carbocycles. The highest BCUT2D eigenvalue weighted by molar-refractivity contribution is 8.00. The number of nitrogens with one attached hydrogen (secondary N) is 3. The maximum atomic E-state index is 14.0. The van der Waals surface area contributed by atoms with Crippen LogP contribution >= 0.6 is 11.8 Å². The molecule has 0 radical (unpaired) electrons. The summed E-state index contributed by atoms with van der Waals surface area (Å²) in [6.07, 6.45) is -2.37. The van der Waals surface area contributed by atoms with Gasteiger partial charge in [-0.3, -0.25) is 9.59 Å². The SMILES string of the molecule is CNc1ccc(C[C@H](NC(=O)O[C@H]2CO[C@H]3OCC[C@H]32)[C@H](O)C(=O)N2CSC(C)(C)[C@H]2C(=O)NCc2c(C)cccc2C)cc1. The minimum absolute atomic E-state index is 0.0542. The number of aliphatic hydroxyl groups is 1. The van der Waals surface area contributed by atoms with Crippen LogP contribution < -0.4 is 16.0 Å². The molecule has 0 saturated carbocycles. The molecule has 0 spiro atoms. The summed E-state index contributed by atoms with van der Waals surface area (Å²) < 4.78 is 16.2. The second kappa shape index (κ2) is 14.0. The van der Waals surface area contributed by atoms with E-state index in [9.17, 15) is 19.5 Å². The molecule has 3 heterocycles. The lowest BCUT2D eigenvalue weighted by atomic mass is 9.97. The monoisotopic (exact) mass is 640 g/mol. The van der Waals surface area contributed by atoms with Gasteiger partial charge in [-0.1, -0.05) is 30.3 Å². The third kappa shape index (κ3) is 7.40. The fraction of sp³-hybridized carbons (Fsp3) is 0.545. The summed E-state index contributed by atoms with van der Waals surface area (Å²) in [6.45, 7) is 8.93. The standard InChI is InChI=1S/C33H44N4O7S/c1-19-7-6-8-20(2)24(19)16-35-29(39)28-33(3,4)45-18-37(28)30(40)27(38)25(15-21-9-11-22(34-5)12-10-21)36-32(41)44-26-17-43-31-23(26)13-14-42-31/h6-12,23,25-28,31,34,38H,13-18H2,1-5H3,(H,35,39)(H,36,41)/t23-,25-,26-,27-,28+,31+/m0/s1. The minimum Gasteiger partial charge on any atom is -0.443 e. The first-order valence-electron chi connectivity index (χ1n) is 15.4. The highest BCUT2D eigenvalue weighted by Crippen LogP contribution is 2.40. The third-order valence-corrected chi connectivity index (χ3v) is 10.4. The minimum atomic E-state index is -1.63. The first kappa shape index (κ1) is 33.1. The molecule has 3 aliphatic heterocycles. The topological polar surface area (TPSA) is 138 Å². The van der Waals surface area contributed by atoms with Crippen molar-refractivity contribution in [2.45, 2.75) is 82.4 Å². The van der Waals surface area contributed by atoms with Crippen molar-refractivity contribution < 1.29 is 33.7 Å². The van der Waals surface area contributed by atoms with Crippen LogP contribution in [0.2, 0.25) is 0 Å². The zero-order chi connectivity index (χ0) is 32.3. The van der Waals surface area contributed by atoms with Crippen LogP contribution in [0.1, 0.15) is 42.5 Å². The number of rotatable bonds is 10. The molecule has 2 aromatic carbocycles. The first-order valence-corrected chi connectivity index (χ1v) is 16.4. The van der Waals surface area contributed by atoms with Gasteiger partial charge >= 0.3 is 6.09 Å². The number of fused-ring (bicyclic) bond motifs is 1. The van der Waals surface area contributed by atoms with Crippen LogP contribution in [-0.2, 0) is 36.8 Å². The van der Waals surface area contributed by atoms with Crippen molar-refractivity contribution in [1.29, 1.82) is 0 Å². The summed E-state index contributed by atoms with van der Waals surface area (Å²) in [5.41, 5.74) is 4.88. The Morgan fingerprint density at radius 2 is 1.82 bits per heavy atom. The summed E-state index contributed by atoms with van der Waals surface area (Å²) in [5.74, 6) is -0.761. The normalized spacial score (nSPS) is 24.9. The first-order chi connectivity index (χ1) is 21.5. The van der Waals surface area contributed by atoms with E-state index >= 15 is 0 Å². The summed E-state index contributed by atoms with van der Waals surface area (Å²) >= 11 is 1.47. The van der Waals surface area contributed by atoms with Crippen molar-refractivity contribution in [3.05, 3.63) is 64.7 Å². The molecule has 6 atom stereocenters. The van der Waals surface area contributed by atoms with E-state index in [1.165, 1.54) is 16.7 Å². The van der Waals surface area contributed by atoms with Gasteiger partial charge in [0.1, 0.15) is 12.1 Å². The van der Waals surface area contributed by atoms with Crippen LogP contribution in [0.3, 0.4) is 0 Å². The number of carbonyl (C=O) groups is 3. The van der Waals surface area contributed by atoms with Gasteiger partial charge in [0.05, 0.1) is 31.1 Å². The lowest BCUT2D eigenvalue weighted by Crippen LogP contribution is -2.58. The zero-order valence-electron chi connectivity index (χ0n) is 26.5. The Hall–Kier alpha value is -3.32. The van der Waals surface area contributed by atoms with Gasteiger partial charge in [-0.2, -0.15) is 0 Å². The van der Waals surface area contributed by atoms with Crippen molar-refractivity contribution in [3.63, 3.8) is 0 Å². The molecule has 3 fully saturated rings. The number of carbonyl (C=O) groups excluding carboxylic acids is 3. The van der Waals surface area contributed by atoms with E-state index in [-0.39, 0.29) is 37.0 Å².